The lowest BCUT2D eigenvalue weighted by Crippen LogP contribution is -2.23. The summed E-state index contributed by atoms with van der Waals surface area (Å²) in [5.41, 5.74) is 3.51. The molecule has 0 aromatic heterocycles. The van der Waals surface area contributed by atoms with Crippen LogP contribution >= 0.6 is 0 Å². The summed E-state index contributed by atoms with van der Waals surface area (Å²) in [6.45, 7) is 10.5. The van der Waals surface area contributed by atoms with Crippen molar-refractivity contribution in [2.24, 2.45) is 5.92 Å². The van der Waals surface area contributed by atoms with Crippen LogP contribution in [0.5, 0.6) is 5.75 Å². The van der Waals surface area contributed by atoms with E-state index in [9.17, 15) is 5.11 Å². The third kappa shape index (κ3) is 3.24. The molecule has 16 heavy (non-hydrogen) atoms. The molecule has 0 amide bonds. The van der Waals surface area contributed by atoms with E-state index in [4.69, 9.17) is 4.74 Å². The van der Waals surface area contributed by atoms with Gasteiger partial charge in [0.05, 0.1) is 6.10 Å². The summed E-state index contributed by atoms with van der Waals surface area (Å²) in [5, 5.41) is 9.70. The normalized spacial score (nSPS) is 12.9. The Balaban J connectivity index is 2.74. The van der Waals surface area contributed by atoms with Crippen LogP contribution in [0.2, 0.25) is 0 Å². The van der Waals surface area contributed by atoms with Crippen LogP contribution in [0, 0.1) is 26.7 Å². The first-order chi connectivity index (χ1) is 7.41. The molecule has 0 saturated heterocycles. The maximum Gasteiger partial charge on any atom is 0.125 e. The predicted octanol–water partition coefficient (Wildman–Crippen LogP) is 3.01. The standard InChI is InChI=1S/C14H22O2/c1-9(2)13(15)8-16-14-11(4)6-10(3)7-12(14)5/h6-7,9,13,15H,8H2,1-5H3. The summed E-state index contributed by atoms with van der Waals surface area (Å²) < 4.78 is 5.70. The van der Waals surface area contributed by atoms with Crippen LogP contribution in [-0.2, 0) is 0 Å². The summed E-state index contributed by atoms with van der Waals surface area (Å²) >= 11 is 0. The van der Waals surface area contributed by atoms with Crippen molar-refractivity contribution in [3.63, 3.8) is 0 Å². The second kappa shape index (κ2) is 5.35. The van der Waals surface area contributed by atoms with E-state index in [0.717, 1.165) is 16.9 Å². The molecule has 1 unspecified atom stereocenters. The highest BCUT2D eigenvalue weighted by molar-refractivity contribution is 5.42. The first-order valence-electron chi connectivity index (χ1n) is 5.80. The topological polar surface area (TPSA) is 29.5 Å². The number of benzene rings is 1. The second-order valence-corrected chi connectivity index (χ2v) is 4.85. The molecule has 0 aliphatic rings. The molecule has 1 aromatic rings. The van der Waals surface area contributed by atoms with Crippen molar-refractivity contribution in [1.29, 1.82) is 0 Å². The Kier molecular flexibility index (Phi) is 4.36. The lowest BCUT2D eigenvalue weighted by Gasteiger charge is -2.18. The Hall–Kier alpha value is -1.02. The average Bonchev–Trinajstić information content (AvgIpc) is 2.15. The van der Waals surface area contributed by atoms with E-state index in [0.29, 0.717) is 6.61 Å². The van der Waals surface area contributed by atoms with Gasteiger partial charge in [0.1, 0.15) is 12.4 Å². The van der Waals surface area contributed by atoms with Gasteiger partial charge >= 0.3 is 0 Å². The fraction of sp³-hybridized carbons (Fsp3) is 0.571. The highest BCUT2D eigenvalue weighted by Crippen LogP contribution is 2.24. The first kappa shape index (κ1) is 13.0. The van der Waals surface area contributed by atoms with Crippen LogP contribution in [0.25, 0.3) is 0 Å². The minimum Gasteiger partial charge on any atom is -0.490 e. The molecule has 0 spiro atoms. The van der Waals surface area contributed by atoms with Crippen LogP contribution in [-0.4, -0.2) is 17.8 Å². The first-order valence-corrected chi connectivity index (χ1v) is 5.80. The maximum absolute atomic E-state index is 9.70. The van der Waals surface area contributed by atoms with E-state index < -0.39 is 6.10 Å². The number of aliphatic hydroxyl groups excluding tert-OH is 1. The Morgan fingerprint density at radius 3 is 2.06 bits per heavy atom. The summed E-state index contributed by atoms with van der Waals surface area (Å²) in [7, 11) is 0. The number of hydrogen-bond donors (Lipinski definition) is 1. The van der Waals surface area contributed by atoms with Crippen molar-refractivity contribution < 1.29 is 9.84 Å². The van der Waals surface area contributed by atoms with Crippen molar-refractivity contribution >= 4 is 0 Å². The molecule has 1 rings (SSSR count). The molecule has 2 nitrogen and oxygen atoms in total. The fourth-order valence-corrected chi connectivity index (χ4v) is 1.76. The number of rotatable bonds is 4. The molecule has 0 aliphatic heterocycles. The molecule has 0 saturated carbocycles. The molecule has 90 valence electrons. The maximum atomic E-state index is 9.70. The third-order valence-corrected chi connectivity index (χ3v) is 2.77. The molecular weight excluding hydrogens is 200 g/mol. The lowest BCUT2D eigenvalue weighted by atomic mass is 10.1. The molecule has 0 aliphatic carbocycles. The smallest absolute Gasteiger partial charge is 0.125 e. The van der Waals surface area contributed by atoms with E-state index >= 15 is 0 Å². The zero-order valence-electron chi connectivity index (χ0n) is 10.9. The van der Waals surface area contributed by atoms with E-state index in [1.54, 1.807) is 0 Å². The molecule has 0 bridgehead atoms. The summed E-state index contributed by atoms with van der Waals surface area (Å²) in [6, 6.07) is 4.20. The van der Waals surface area contributed by atoms with Crippen molar-refractivity contribution in [3.05, 3.63) is 28.8 Å². The van der Waals surface area contributed by atoms with Crippen LogP contribution < -0.4 is 4.74 Å². The van der Waals surface area contributed by atoms with E-state index in [1.165, 1.54) is 5.56 Å². The molecule has 1 aromatic carbocycles. The Morgan fingerprint density at radius 2 is 1.62 bits per heavy atom. The number of hydrogen-bond acceptors (Lipinski definition) is 2. The van der Waals surface area contributed by atoms with Gasteiger partial charge in [-0.15, -0.1) is 0 Å². The van der Waals surface area contributed by atoms with Crippen molar-refractivity contribution in [3.8, 4) is 5.75 Å². The Labute approximate surface area is 98.3 Å². The van der Waals surface area contributed by atoms with Crippen LogP contribution in [0.15, 0.2) is 12.1 Å². The van der Waals surface area contributed by atoms with E-state index in [-0.39, 0.29) is 5.92 Å². The molecular formula is C14H22O2. The van der Waals surface area contributed by atoms with Crippen LogP contribution in [0.4, 0.5) is 0 Å². The molecule has 0 radical (unpaired) electrons. The van der Waals surface area contributed by atoms with Gasteiger partial charge in [-0.1, -0.05) is 31.5 Å². The fourth-order valence-electron chi connectivity index (χ4n) is 1.76. The number of ether oxygens (including phenoxy) is 1. The molecule has 0 fully saturated rings. The van der Waals surface area contributed by atoms with Gasteiger partial charge in [-0.05, 0) is 37.8 Å². The quantitative estimate of drug-likeness (QED) is 0.848. The predicted molar refractivity (Wildman–Crippen MR) is 67.0 cm³/mol. The van der Waals surface area contributed by atoms with E-state index in [1.807, 2.05) is 27.7 Å². The van der Waals surface area contributed by atoms with Crippen molar-refractivity contribution in [2.45, 2.75) is 40.7 Å². The third-order valence-electron chi connectivity index (χ3n) is 2.77. The molecule has 1 atom stereocenters. The summed E-state index contributed by atoms with van der Waals surface area (Å²) in [5.74, 6) is 1.14. The zero-order chi connectivity index (χ0) is 12.3. The average molecular weight is 222 g/mol. The second-order valence-electron chi connectivity index (χ2n) is 4.85. The minimum absolute atomic E-state index is 0.228. The monoisotopic (exact) mass is 222 g/mol. The van der Waals surface area contributed by atoms with Crippen LogP contribution in [0.3, 0.4) is 0 Å². The van der Waals surface area contributed by atoms with Gasteiger partial charge in [0, 0.05) is 0 Å². The Bertz CT molecular complexity index is 333. The SMILES string of the molecule is Cc1cc(C)c(OCC(O)C(C)C)c(C)c1. The highest BCUT2D eigenvalue weighted by atomic mass is 16.5. The van der Waals surface area contributed by atoms with Gasteiger partial charge in [-0.3, -0.25) is 0 Å². The number of aryl methyl sites for hydroxylation is 3. The highest BCUT2D eigenvalue weighted by Gasteiger charge is 2.12. The summed E-state index contributed by atoms with van der Waals surface area (Å²) in [4.78, 5) is 0. The zero-order valence-corrected chi connectivity index (χ0v) is 10.9. The van der Waals surface area contributed by atoms with E-state index in [2.05, 4.69) is 19.1 Å². The van der Waals surface area contributed by atoms with Gasteiger partial charge in [-0.2, -0.15) is 0 Å². The van der Waals surface area contributed by atoms with Gasteiger partial charge in [0.25, 0.3) is 0 Å². The Morgan fingerprint density at radius 1 is 1.12 bits per heavy atom. The van der Waals surface area contributed by atoms with Crippen LogP contribution in [0.1, 0.15) is 30.5 Å². The molecule has 2 heteroatoms. The van der Waals surface area contributed by atoms with Crippen molar-refractivity contribution in [1.82, 2.24) is 0 Å². The molecule has 1 N–H and O–H groups in total. The largest absolute Gasteiger partial charge is 0.490 e. The summed E-state index contributed by atoms with van der Waals surface area (Å²) in [6.07, 6.45) is -0.403. The molecule has 0 heterocycles. The number of aliphatic hydroxyl groups is 1. The minimum atomic E-state index is -0.403. The van der Waals surface area contributed by atoms with Gasteiger partial charge < -0.3 is 9.84 Å². The van der Waals surface area contributed by atoms with Crippen molar-refractivity contribution in [2.75, 3.05) is 6.61 Å². The lowest BCUT2D eigenvalue weighted by molar-refractivity contribution is 0.0696. The van der Waals surface area contributed by atoms with Gasteiger partial charge in [-0.25, -0.2) is 0 Å². The van der Waals surface area contributed by atoms with Gasteiger partial charge in [0.2, 0.25) is 0 Å². The van der Waals surface area contributed by atoms with Gasteiger partial charge in [0.15, 0.2) is 0 Å².